The average molecular weight is 322 g/mol. The van der Waals surface area contributed by atoms with E-state index in [1.54, 1.807) is 0 Å². The number of carbonyl (C=O) groups is 2. The first-order valence-electron chi connectivity index (χ1n) is 5.82. The predicted octanol–water partition coefficient (Wildman–Crippen LogP) is 1.67. The number of esters is 1. The van der Waals surface area contributed by atoms with Crippen molar-refractivity contribution in [3.8, 4) is 0 Å². The van der Waals surface area contributed by atoms with Crippen LogP contribution in [0.4, 0.5) is 22.0 Å². The molecule has 0 heterocycles. The van der Waals surface area contributed by atoms with Crippen molar-refractivity contribution in [2.75, 3.05) is 27.2 Å². The Morgan fingerprint density at radius 3 is 2.00 bits per heavy atom. The smallest absolute Gasteiger partial charge is 0.453 e. The molecule has 0 aliphatic rings. The third kappa shape index (κ3) is 7.21. The SMILES string of the molecule is CC(=O)OC(CC(F)(F)C(F)(F)F)C[N+](C)(C)CC(=O)O. The van der Waals surface area contributed by atoms with E-state index in [1.165, 1.54) is 14.1 Å². The fourth-order valence-corrected chi connectivity index (χ4v) is 1.76. The topological polar surface area (TPSA) is 63.6 Å². The summed E-state index contributed by atoms with van der Waals surface area (Å²) in [6, 6.07) is 0. The fourth-order valence-electron chi connectivity index (χ4n) is 1.76. The number of carboxylic acid groups (broad SMARTS) is 1. The van der Waals surface area contributed by atoms with Gasteiger partial charge in [0.05, 0.1) is 20.5 Å². The number of nitrogens with zero attached hydrogens (tertiary/aromatic N) is 1. The summed E-state index contributed by atoms with van der Waals surface area (Å²) in [6.07, 6.45) is -9.28. The molecule has 0 aromatic heterocycles. The molecule has 0 aromatic rings. The molecule has 124 valence electrons. The van der Waals surface area contributed by atoms with Crippen molar-refractivity contribution < 1.29 is 45.9 Å². The Kier molecular flexibility index (Phi) is 6.09. The van der Waals surface area contributed by atoms with E-state index in [-0.39, 0.29) is 0 Å². The van der Waals surface area contributed by atoms with E-state index < -0.39 is 54.1 Å². The largest absolute Gasteiger partial charge is 0.477 e. The van der Waals surface area contributed by atoms with Crippen LogP contribution in [0.3, 0.4) is 0 Å². The van der Waals surface area contributed by atoms with E-state index in [2.05, 4.69) is 4.74 Å². The number of hydrogen-bond acceptors (Lipinski definition) is 3. The number of carbonyl (C=O) groups excluding carboxylic acids is 1. The number of likely N-dealkylation sites (N-methyl/N-ethyl adjacent to an activating group) is 1. The molecule has 0 aromatic carbocycles. The summed E-state index contributed by atoms with van der Waals surface area (Å²) in [4.78, 5) is 21.4. The Morgan fingerprint density at radius 2 is 1.67 bits per heavy atom. The molecule has 21 heavy (non-hydrogen) atoms. The molecule has 1 atom stereocenters. The van der Waals surface area contributed by atoms with E-state index in [9.17, 15) is 31.5 Å². The maximum Gasteiger partial charge on any atom is 0.453 e. The lowest BCUT2D eigenvalue weighted by atomic mass is 10.1. The Bertz CT molecular complexity index is 395. The number of carboxylic acids is 1. The lowest BCUT2D eigenvalue weighted by molar-refractivity contribution is -0.886. The second-order valence-electron chi connectivity index (χ2n) is 5.31. The molecule has 0 amide bonds. The Labute approximate surface area is 117 Å². The lowest BCUT2D eigenvalue weighted by Crippen LogP contribution is -2.51. The van der Waals surface area contributed by atoms with Gasteiger partial charge in [0, 0.05) is 6.92 Å². The van der Waals surface area contributed by atoms with Crippen molar-refractivity contribution in [2.24, 2.45) is 0 Å². The lowest BCUT2D eigenvalue weighted by Gasteiger charge is -2.33. The molecule has 5 nitrogen and oxygen atoms in total. The van der Waals surface area contributed by atoms with Gasteiger partial charge in [0.25, 0.3) is 0 Å². The molecule has 1 N–H and O–H groups in total. The molecule has 0 aliphatic carbocycles. The van der Waals surface area contributed by atoms with Crippen LogP contribution in [-0.2, 0) is 14.3 Å². The van der Waals surface area contributed by atoms with Crippen LogP contribution in [0.25, 0.3) is 0 Å². The minimum Gasteiger partial charge on any atom is -0.477 e. The summed E-state index contributed by atoms with van der Waals surface area (Å²) < 4.78 is 66.7. The molecule has 10 heteroatoms. The Hall–Kier alpha value is -1.45. The standard InChI is InChI=1S/C11H16F5NO4/c1-7(18)21-8(4-10(12,13)11(14,15)16)5-17(2,3)6-9(19)20/h8H,4-6H2,1-3H3/p+1. The normalized spacial score (nSPS) is 14.7. The van der Waals surface area contributed by atoms with E-state index in [4.69, 9.17) is 5.11 Å². The van der Waals surface area contributed by atoms with Gasteiger partial charge in [-0.25, -0.2) is 4.79 Å². The number of ether oxygens (including phenoxy) is 1. The van der Waals surface area contributed by atoms with Crippen molar-refractivity contribution in [3.05, 3.63) is 0 Å². The summed E-state index contributed by atoms with van der Waals surface area (Å²) >= 11 is 0. The number of rotatable bonds is 7. The Balaban J connectivity index is 5.06. The highest BCUT2D eigenvalue weighted by atomic mass is 19.4. The summed E-state index contributed by atoms with van der Waals surface area (Å²) in [5.41, 5.74) is 0. The molecule has 1 unspecified atom stereocenters. The van der Waals surface area contributed by atoms with Gasteiger partial charge in [-0.1, -0.05) is 0 Å². The third-order valence-electron chi connectivity index (χ3n) is 2.49. The summed E-state index contributed by atoms with van der Waals surface area (Å²) in [7, 11) is 2.63. The maximum atomic E-state index is 13.0. The summed E-state index contributed by atoms with van der Waals surface area (Å²) in [5.74, 6) is -7.31. The van der Waals surface area contributed by atoms with Crippen LogP contribution >= 0.6 is 0 Å². The van der Waals surface area contributed by atoms with Crippen LogP contribution in [-0.4, -0.2) is 66.9 Å². The zero-order valence-electron chi connectivity index (χ0n) is 11.7. The zero-order valence-corrected chi connectivity index (χ0v) is 11.7. The maximum absolute atomic E-state index is 13.0. The number of quaternary nitrogens is 1. The molecular weight excluding hydrogens is 305 g/mol. The van der Waals surface area contributed by atoms with E-state index in [0.29, 0.717) is 0 Å². The molecule has 0 saturated carbocycles. The van der Waals surface area contributed by atoms with Crippen LogP contribution in [0.2, 0.25) is 0 Å². The first kappa shape index (κ1) is 19.6. The minimum absolute atomic E-state index is 0.415. The van der Waals surface area contributed by atoms with Crippen LogP contribution in [0.15, 0.2) is 0 Å². The van der Waals surface area contributed by atoms with E-state index in [0.717, 1.165) is 6.92 Å². The number of alkyl halides is 5. The molecule has 0 bridgehead atoms. The van der Waals surface area contributed by atoms with Gasteiger partial charge in [0.1, 0.15) is 6.54 Å². The van der Waals surface area contributed by atoms with Gasteiger partial charge in [-0.15, -0.1) is 0 Å². The summed E-state index contributed by atoms with van der Waals surface area (Å²) in [5, 5.41) is 8.65. The molecule has 0 rings (SSSR count). The van der Waals surface area contributed by atoms with Gasteiger partial charge in [-0.05, 0) is 0 Å². The monoisotopic (exact) mass is 322 g/mol. The number of hydrogen-bond donors (Lipinski definition) is 1. The van der Waals surface area contributed by atoms with E-state index in [1.807, 2.05) is 0 Å². The first-order chi connectivity index (χ1) is 9.16. The molecular formula is C11H17F5NO4+. The van der Waals surface area contributed by atoms with Crippen molar-refractivity contribution in [1.29, 1.82) is 0 Å². The Morgan fingerprint density at radius 1 is 1.19 bits per heavy atom. The van der Waals surface area contributed by atoms with Gasteiger partial charge < -0.3 is 14.3 Å². The first-order valence-corrected chi connectivity index (χ1v) is 5.82. The van der Waals surface area contributed by atoms with Gasteiger partial charge in [-0.2, -0.15) is 22.0 Å². The minimum atomic E-state index is -5.77. The van der Waals surface area contributed by atoms with Gasteiger partial charge >= 0.3 is 24.0 Å². The molecule has 0 radical (unpaired) electrons. The van der Waals surface area contributed by atoms with Gasteiger partial charge in [-0.3, -0.25) is 4.79 Å². The number of aliphatic carboxylic acids is 1. The van der Waals surface area contributed by atoms with Crippen LogP contribution < -0.4 is 0 Å². The fraction of sp³-hybridized carbons (Fsp3) is 0.818. The molecule has 0 aliphatic heterocycles. The van der Waals surface area contributed by atoms with Crippen LogP contribution in [0.1, 0.15) is 13.3 Å². The highest BCUT2D eigenvalue weighted by Crippen LogP contribution is 2.39. The highest BCUT2D eigenvalue weighted by molar-refractivity contribution is 5.68. The molecule has 0 spiro atoms. The van der Waals surface area contributed by atoms with E-state index >= 15 is 0 Å². The third-order valence-corrected chi connectivity index (χ3v) is 2.49. The van der Waals surface area contributed by atoms with Crippen LogP contribution in [0, 0.1) is 0 Å². The van der Waals surface area contributed by atoms with Crippen molar-refractivity contribution in [2.45, 2.75) is 31.5 Å². The molecule has 0 saturated heterocycles. The van der Waals surface area contributed by atoms with Gasteiger partial charge in [0.15, 0.2) is 12.6 Å². The van der Waals surface area contributed by atoms with Gasteiger partial charge in [0.2, 0.25) is 0 Å². The zero-order chi connectivity index (χ0) is 17.1. The van der Waals surface area contributed by atoms with Crippen molar-refractivity contribution in [1.82, 2.24) is 0 Å². The second kappa shape index (κ2) is 6.54. The predicted molar refractivity (Wildman–Crippen MR) is 60.7 cm³/mol. The van der Waals surface area contributed by atoms with Crippen molar-refractivity contribution in [3.63, 3.8) is 0 Å². The van der Waals surface area contributed by atoms with Crippen LogP contribution in [0.5, 0.6) is 0 Å². The molecule has 0 fully saturated rings. The second-order valence-corrected chi connectivity index (χ2v) is 5.31. The van der Waals surface area contributed by atoms with Crippen molar-refractivity contribution >= 4 is 11.9 Å². The average Bonchev–Trinajstić information content (AvgIpc) is 2.08. The number of halogens is 5. The highest BCUT2D eigenvalue weighted by Gasteiger charge is 2.59. The quantitative estimate of drug-likeness (QED) is 0.440. The summed E-state index contributed by atoms with van der Waals surface area (Å²) in [6.45, 7) is -0.136.